The average molecular weight is 221 g/mol. The van der Waals surface area contributed by atoms with Gasteiger partial charge in [0.1, 0.15) is 0 Å². The van der Waals surface area contributed by atoms with Gasteiger partial charge in [0.15, 0.2) is 5.69 Å². The Hall–Kier alpha value is -1.04. The number of nitrogens with two attached hydrogens (primary N) is 1. The summed E-state index contributed by atoms with van der Waals surface area (Å²) in [6, 6.07) is 0.943. The first-order valence-electron chi connectivity index (χ1n) is 4.69. The minimum atomic E-state index is -4.38. The van der Waals surface area contributed by atoms with Crippen molar-refractivity contribution in [2.45, 2.75) is 32.5 Å². The molecule has 3 nitrogen and oxygen atoms in total. The molecule has 0 aromatic carbocycles. The first-order chi connectivity index (χ1) is 6.86. The lowest BCUT2D eigenvalue weighted by Crippen LogP contribution is -2.15. The van der Waals surface area contributed by atoms with E-state index in [4.69, 9.17) is 5.73 Å². The number of hydrogen-bond donors (Lipinski definition) is 1. The van der Waals surface area contributed by atoms with E-state index >= 15 is 0 Å². The molecule has 1 rings (SSSR count). The number of nitrogens with zero attached hydrogens (tertiary/aromatic N) is 2. The number of halogens is 3. The molecule has 0 fully saturated rings. The van der Waals surface area contributed by atoms with Crippen molar-refractivity contribution in [3.63, 3.8) is 0 Å². The van der Waals surface area contributed by atoms with Crippen LogP contribution in [0.3, 0.4) is 0 Å². The molecule has 15 heavy (non-hydrogen) atoms. The van der Waals surface area contributed by atoms with E-state index in [1.165, 1.54) is 4.68 Å². The quantitative estimate of drug-likeness (QED) is 0.849. The smallest absolute Gasteiger partial charge is 0.330 e. The minimum absolute atomic E-state index is 0.105. The van der Waals surface area contributed by atoms with Crippen LogP contribution >= 0.6 is 0 Å². The van der Waals surface area contributed by atoms with E-state index in [0.717, 1.165) is 6.07 Å². The van der Waals surface area contributed by atoms with Crippen molar-refractivity contribution in [1.82, 2.24) is 9.78 Å². The molecule has 1 aromatic rings. The van der Waals surface area contributed by atoms with Gasteiger partial charge in [0, 0.05) is 5.69 Å². The maximum absolute atomic E-state index is 12.3. The maximum atomic E-state index is 12.3. The highest BCUT2D eigenvalue weighted by atomic mass is 19.4. The summed E-state index contributed by atoms with van der Waals surface area (Å²) in [5.74, 6) is 0. The number of aryl methyl sites for hydroxylation is 1. The van der Waals surface area contributed by atoms with E-state index < -0.39 is 11.9 Å². The van der Waals surface area contributed by atoms with Gasteiger partial charge in [-0.3, -0.25) is 4.68 Å². The highest BCUT2D eigenvalue weighted by Crippen LogP contribution is 2.29. The van der Waals surface area contributed by atoms with Gasteiger partial charge in [0.25, 0.3) is 0 Å². The van der Waals surface area contributed by atoms with Gasteiger partial charge < -0.3 is 5.73 Å². The second-order valence-corrected chi connectivity index (χ2v) is 3.54. The van der Waals surface area contributed by atoms with Gasteiger partial charge in [-0.2, -0.15) is 18.3 Å². The van der Waals surface area contributed by atoms with Crippen LogP contribution in [0.1, 0.15) is 30.8 Å². The summed E-state index contributed by atoms with van der Waals surface area (Å²) in [5.41, 5.74) is 5.01. The fourth-order valence-corrected chi connectivity index (χ4v) is 1.44. The second kappa shape index (κ2) is 4.22. The molecule has 0 saturated heterocycles. The van der Waals surface area contributed by atoms with Crippen LogP contribution in [0, 0.1) is 6.92 Å². The fraction of sp³-hybridized carbons (Fsp3) is 0.667. The largest absolute Gasteiger partial charge is 0.435 e. The van der Waals surface area contributed by atoms with Crippen LogP contribution < -0.4 is 5.73 Å². The zero-order valence-electron chi connectivity index (χ0n) is 8.67. The summed E-state index contributed by atoms with van der Waals surface area (Å²) in [6.07, 6.45) is -3.77. The Kier molecular flexibility index (Phi) is 3.38. The molecule has 0 aliphatic heterocycles. The van der Waals surface area contributed by atoms with Crippen LogP contribution in [0.25, 0.3) is 0 Å². The van der Waals surface area contributed by atoms with Gasteiger partial charge in [-0.25, -0.2) is 0 Å². The monoisotopic (exact) mass is 221 g/mol. The summed E-state index contributed by atoms with van der Waals surface area (Å²) >= 11 is 0. The number of rotatable bonds is 3. The van der Waals surface area contributed by atoms with E-state index in [9.17, 15) is 13.2 Å². The maximum Gasteiger partial charge on any atom is 0.435 e. The molecule has 0 aliphatic carbocycles. The Bertz CT molecular complexity index is 330. The highest BCUT2D eigenvalue weighted by Gasteiger charge is 2.34. The predicted octanol–water partition coefficient (Wildman–Crippen LogP) is 2.12. The molecular formula is C9H14F3N3. The third-order valence-electron chi connectivity index (χ3n) is 2.21. The summed E-state index contributed by atoms with van der Waals surface area (Å²) in [5, 5.41) is 3.54. The van der Waals surface area contributed by atoms with Crippen LogP contribution in [0.15, 0.2) is 6.07 Å². The lowest BCUT2D eigenvalue weighted by atomic mass is 10.2. The second-order valence-electron chi connectivity index (χ2n) is 3.54. The predicted molar refractivity (Wildman–Crippen MR) is 50.3 cm³/mol. The van der Waals surface area contributed by atoms with E-state index in [2.05, 4.69) is 5.10 Å². The van der Waals surface area contributed by atoms with Crippen LogP contribution in [0.4, 0.5) is 13.2 Å². The van der Waals surface area contributed by atoms with E-state index in [-0.39, 0.29) is 6.04 Å². The van der Waals surface area contributed by atoms with Crippen molar-refractivity contribution in [1.29, 1.82) is 0 Å². The van der Waals surface area contributed by atoms with E-state index in [0.29, 0.717) is 18.7 Å². The van der Waals surface area contributed by atoms with E-state index in [1.807, 2.05) is 0 Å². The third-order valence-corrected chi connectivity index (χ3v) is 2.21. The van der Waals surface area contributed by atoms with Crippen LogP contribution in [0.5, 0.6) is 0 Å². The zero-order chi connectivity index (χ0) is 11.6. The Morgan fingerprint density at radius 1 is 1.53 bits per heavy atom. The highest BCUT2D eigenvalue weighted by molar-refractivity contribution is 5.12. The lowest BCUT2D eigenvalue weighted by molar-refractivity contribution is -0.141. The standard InChI is InChI=1S/C9H14F3N3/c1-6(3-4-13)15-7(2)5-8(14-15)9(10,11)12/h5-6H,3-4,13H2,1-2H3. The topological polar surface area (TPSA) is 43.8 Å². The molecule has 0 saturated carbocycles. The number of alkyl halides is 3. The summed E-state index contributed by atoms with van der Waals surface area (Å²) in [6.45, 7) is 3.84. The molecular weight excluding hydrogens is 207 g/mol. The van der Waals surface area contributed by atoms with Crippen molar-refractivity contribution in [3.05, 3.63) is 17.5 Å². The van der Waals surface area contributed by atoms with Crippen molar-refractivity contribution < 1.29 is 13.2 Å². The molecule has 0 spiro atoms. The molecule has 6 heteroatoms. The molecule has 1 unspecified atom stereocenters. The minimum Gasteiger partial charge on any atom is -0.330 e. The van der Waals surface area contributed by atoms with Crippen LogP contribution in [-0.4, -0.2) is 16.3 Å². The van der Waals surface area contributed by atoms with Crippen LogP contribution in [-0.2, 0) is 6.18 Å². The number of hydrogen-bond acceptors (Lipinski definition) is 2. The van der Waals surface area contributed by atoms with Crippen molar-refractivity contribution in [2.24, 2.45) is 5.73 Å². The molecule has 0 amide bonds. The first kappa shape index (κ1) is 12.0. The molecule has 1 aromatic heterocycles. The first-order valence-corrected chi connectivity index (χ1v) is 4.69. The van der Waals surface area contributed by atoms with Crippen molar-refractivity contribution in [2.75, 3.05) is 6.54 Å². The van der Waals surface area contributed by atoms with Gasteiger partial charge in [-0.1, -0.05) is 0 Å². The summed E-state index contributed by atoms with van der Waals surface area (Å²) < 4.78 is 38.4. The van der Waals surface area contributed by atoms with Gasteiger partial charge >= 0.3 is 6.18 Å². The zero-order valence-corrected chi connectivity index (χ0v) is 8.67. The lowest BCUT2D eigenvalue weighted by Gasteiger charge is -2.12. The fourth-order valence-electron chi connectivity index (χ4n) is 1.44. The Morgan fingerprint density at radius 3 is 2.53 bits per heavy atom. The molecule has 0 bridgehead atoms. The normalized spacial score (nSPS) is 14.3. The molecule has 86 valence electrons. The summed E-state index contributed by atoms with van der Waals surface area (Å²) in [4.78, 5) is 0. The molecule has 1 atom stereocenters. The van der Waals surface area contributed by atoms with Gasteiger partial charge in [0.2, 0.25) is 0 Å². The Labute approximate surface area is 86.1 Å². The molecule has 2 N–H and O–H groups in total. The van der Waals surface area contributed by atoms with Crippen molar-refractivity contribution >= 4 is 0 Å². The molecule has 1 heterocycles. The van der Waals surface area contributed by atoms with Gasteiger partial charge in [-0.05, 0) is 32.9 Å². The van der Waals surface area contributed by atoms with Gasteiger partial charge in [-0.15, -0.1) is 0 Å². The Morgan fingerprint density at radius 2 is 2.13 bits per heavy atom. The van der Waals surface area contributed by atoms with E-state index in [1.54, 1.807) is 13.8 Å². The van der Waals surface area contributed by atoms with Gasteiger partial charge in [0.05, 0.1) is 6.04 Å². The number of aromatic nitrogens is 2. The summed E-state index contributed by atoms with van der Waals surface area (Å²) in [7, 11) is 0. The Balaban J connectivity index is 2.96. The molecule has 0 aliphatic rings. The van der Waals surface area contributed by atoms with Crippen LogP contribution in [0.2, 0.25) is 0 Å². The van der Waals surface area contributed by atoms with Crippen molar-refractivity contribution in [3.8, 4) is 0 Å². The third kappa shape index (κ3) is 2.71. The SMILES string of the molecule is Cc1cc(C(F)(F)F)nn1C(C)CCN. The average Bonchev–Trinajstić information content (AvgIpc) is 2.47. The molecule has 0 radical (unpaired) electrons.